The Labute approximate surface area is 119 Å². The third-order valence-corrected chi connectivity index (χ3v) is 2.61. The van der Waals surface area contributed by atoms with Gasteiger partial charge in [0.05, 0.1) is 0 Å². The Kier molecular flexibility index (Phi) is 6.43. The van der Waals surface area contributed by atoms with Gasteiger partial charge in [-0.05, 0) is 23.6 Å². The third-order valence-electron chi connectivity index (χ3n) is 2.61. The minimum absolute atomic E-state index is 0.169. The molecular formula is C15H21N3O2. The van der Waals surface area contributed by atoms with Crippen LogP contribution in [-0.2, 0) is 16.1 Å². The SMILES string of the molecule is CC(C)CN(C)C(=O)/C=C/C(=O)NCc1ccncc1. The second-order valence-corrected chi connectivity index (χ2v) is 5.02. The summed E-state index contributed by atoms with van der Waals surface area (Å²) in [5.74, 6) is -0.0521. The van der Waals surface area contributed by atoms with Crippen LogP contribution in [0.15, 0.2) is 36.7 Å². The third kappa shape index (κ3) is 6.13. The molecule has 0 saturated heterocycles. The molecule has 0 aliphatic rings. The minimum atomic E-state index is -0.284. The van der Waals surface area contributed by atoms with E-state index in [4.69, 9.17) is 0 Å². The van der Waals surface area contributed by atoms with Gasteiger partial charge in [0.25, 0.3) is 0 Å². The molecule has 0 aliphatic carbocycles. The van der Waals surface area contributed by atoms with Gasteiger partial charge >= 0.3 is 0 Å². The molecule has 0 atom stereocenters. The molecule has 5 heteroatoms. The number of nitrogens with one attached hydrogen (secondary N) is 1. The molecule has 0 saturated carbocycles. The molecule has 1 rings (SSSR count). The summed E-state index contributed by atoms with van der Waals surface area (Å²) in [5, 5.41) is 2.71. The first-order valence-corrected chi connectivity index (χ1v) is 6.59. The zero-order valence-electron chi connectivity index (χ0n) is 12.2. The van der Waals surface area contributed by atoms with Crippen LogP contribution in [0.4, 0.5) is 0 Å². The zero-order valence-corrected chi connectivity index (χ0v) is 12.2. The first-order valence-electron chi connectivity index (χ1n) is 6.59. The molecule has 108 valence electrons. The molecule has 1 aromatic heterocycles. The van der Waals surface area contributed by atoms with Crippen LogP contribution >= 0.6 is 0 Å². The molecule has 0 spiro atoms. The molecule has 0 radical (unpaired) electrons. The van der Waals surface area contributed by atoms with Crippen molar-refractivity contribution in [3.8, 4) is 0 Å². The fourth-order valence-corrected chi connectivity index (χ4v) is 1.66. The van der Waals surface area contributed by atoms with Crippen LogP contribution in [0.2, 0.25) is 0 Å². The van der Waals surface area contributed by atoms with Crippen molar-refractivity contribution in [1.29, 1.82) is 0 Å². The number of pyridine rings is 1. The number of aromatic nitrogens is 1. The highest BCUT2D eigenvalue weighted by Crippen LogP contribution is 1.97. The molecule has 1 aromatic rings. The van der Waals surface area contributed by atoms with Gasteiger partial charge in [-0.3, -0.25) is 14.6 Å². The van der Waals surface area contributed by atoms with E-state index < -0.39 is 0 Å². The first kappa shape index (κ1) is 15.9. The van der Waals surface area contributed by atoms with Crippen LogP contribution in [0.3, 0.4) is 0 Å². The number of carbonyl (C=O) groups is 2. The average molecular weight is 275 g/mol. The van der Waals surface area contributed by atoms with Gasteiger partial charge in [0.1, 0.15) is 0 Å². The second kappa shape index (κ2) is 8.09. The summed E-state index contributed by atoms with van der Waals surface area (Å²) in [6.45, 7) is 5.16. The minimum Gasteiger partial charge on any atom is -0.348 e. The molecule has 20 heavy (non-hydrogen) atoms. The van der Waals surface area contributed by atoms with E-state index in [0.29, 0.717) is 19.0 Å². The highest BCUT2D eigenvalue weighted by Gasteiger charge is 2.07. The molecule has 1 N–H and O–H groups in total. The number of nitrogens with zero attached hydrogens (tertiary/aromatic N) is 2. The Bertz CT molecular complexity index is 469. The van der Waals surface area contributed by atoms with Crippen LogP contribution in [0.25, 0.3) is 0 Å². The second-order valence-electron chi connectivity index (χ2n) is 5.02. The summed E-state index contributed by atoms with van der Waals surface area (Å²) in [4.78, 5) is 28.8. The normalized spacial score (nSPS) is 10.8. The molecule has 0 aromatic carbocycles. The van der Waals surface area contributed by atoms with Crippen LogP contribution in [0, 0.1) is 5.92 Å². The summed E-state index contributed by atoms with van der Waals surface area (Å²) in [7, 11) is 1.72. The van der Waals surface area contributed by atoms with Crippen molar-refractivity contribution in [3.05, 3.63) is 42.2 Å². The lowest BCUT2D eigenvalue weighted by molar-refractivity contribution is -0.125. The largest absolute Gasteiger partial charge is 0.348 e. The van der Waals surface area contributed by atoms with Crippen molar-refractivity contribution >= 4 is 11.8 Å². The van der Waals surface area contributed by atoms with Gasteiger partial charge < -0.3 is 10.2 Å². The zero-order chi connectivity index (χ0) is 15.0. The fraction of sp³-hybridized carbons (Fsp3) is 0.400. The number of hydrogen-bond donors (Lipinski definition) is 1. The smallest absolute Gasteiger partial charge is 0.246 e. The molecule has 0 bridgehead atoms. The van der Waals surface area contributed by atoms with Crippen LogP contribution in [0.1, 0.15) is 19.4 Å². The summed E-state index contributed by atoms with van der Waals surface area (Å²) >= 11 is 0. The van der Waals surface area contributed by atoms with Crippen LogP contribution in [0.5, 0.6) is 0 Å². The number of amides is 2. The van der Waals surface area contributed by atoms with Gasteiger partial charge in [-0.15, -0.1) is 0 Å². The summed E-state index contributed by atoms with van der Waals surface area (Å²) in [5.41, 5.74) is 0.963. The molecule has 1 heterocycles. The van der Waals surface area contributed by atoms with E-state index in [-0.39, 0.29) is 11.8 Å². The highest BCUT2D eigenvalue weighted by molar-refractivity contribution is 5.96. The Hall–Kier alpha value is -2.17. The van der Waals surface area contributed by atoms with E-state index in [2.05, 4.69) is 10.3 Å². The predicted octanol–water partition coefficient (Wildman–Crippen LogP) is 1.37. The standard InChI is InChI=1S/C15H21N3O2/c1-12(2)11-18(3)15(20)5-4-14(19)17-10-13-6-8-16-9-7-13/h4-9,12H,10-11H2,1-3H3,(H,17,19)/b5-4+. The molecule has 5 nitrogen and oxygen atoms in total. The molecule has 0 fully saturated rings. The van der Waals surface area contributed by atoms with Crippen molar-refractivity contribution in [1.82, 2.24) is 15.2 Å². The molecular weight excluding hydrogens is 254 g/mol. The lowest BCUT2D eigenvalue weighted by atomic mass is 10.2. The van der Waals surface area contributed by atoms with Crippen molar-refractivity contribution in [3.63, 3.8) is 0 Å². The maximum atomic E-state index is 11.7. The van der Waals surface area contributed by atoms with E-state index in [1.165, 1.54) is 12.2 Å². The molecule has 0 aliphatic heterocycles. The fourth-order valence-electron chi connectivity index (χ4n) is 1.66. The summed E-state index contributed by atoms with van der Waals surface area (Å²) < 4.78 is 0. The van der Waals surface area contributed by atoms with Crippen molar-refractivity contribution in [2.75, 3.05) is 13.6 Å². The van der Waals surface area contributed by atoms with Gasteiger partial charge in [0.2, 0.25) is 11.8 Å². The van der Waals surface area contributed by atoms with E-state index in [0.717, 1.165) is 5.56 Å². The van der Waals surface area contributed by atoms with E-state index >= 15 is 0 Å². The maximum Gasteiger partial charge on any atom is 0.246 e. The van der Waals surface area contributed by atoms with E-state index in [1.54, 1.807) is 24.3 Å². The van der Waals surface area contributed by atoms with E-state index in [1.807, 2.05) is 26.0 Å². The molecule has 2 amide bonds. The Morgan fingerprint density at radius 2 is 1.95 bits per heavy atom. The number of carbonyl (C=O) groups excluding carboxylic acids is 2. The highest BCUT2D eigenvalue weighted by atomic mass is 16.2. The van der Waals surface area contributed by atoms with Crippen LogP contribution < -0.4 is 5.32 Å². The quantitative estimate of drug-likeness (QED) is 0.798. The average Bonchev–Trinajstić information content (AvgIpc) is 2.42. The topological polar surface area (TPSA) is 62.3 Å². The van der Waals surface area contributed by atoms with Gasteiger partial charge in [0.15, 0.2) is 0 Å². The Balaban J connectivity index is 2.38. The Morgan fingerprint density at radius 3 is 2.55 bits per heavy atom. The lowest BCUT2D eigenvalue weighted by Gasteiger charge is -2.17. The van der Waals surface area contributed by atoms with Crippen molar-refractivity contribution in [2.24, 2.45) is 5.92 Å². The summed E-state index contributed by atoms with van der Waals surface area (Å²) in [6.07, 6.45) is 5.90. The van der Waals surface area contributed by atoms with E-state index in [9.17, 15) is 9.59 Å². The number of rotatable bonds is 6. The predicted molar refractivity (Wildman–Crippen MR) is 77.7 cm³/mol. The van der Waals surface area contributed by atoms with Gasteiger partial charge in [-0.25, -0.2) is 0 Å². The number of likely N-dealkylation sites (N-methyl/N-ethyl adjacent to an activating group) is 1. The van der Waals surface area contributed by atoms with Crippen molar-refractivity contribution in [2.45, 2.75) is 20.4 Å². The lowest BCUT2D eigenvalue weighted by Crippen LogP contribution is -2.29. The van der Waals surface area contributed by atoms with Crippen LogP contribution in [-0.4, -0.2) is 35.3 Å². The van der Waals surface area contributed by atoms with Gasteiger partial charge in [-0.1, -0.05) is 13.8 Å². The van der Waals surface area contributed by atoms with Gasteiger partial charge in [-0.2, -0.15) is 0 Å². The maximum absolute atomic E-state index is 11.7. The van der Waals surface area contributed by atoms with Gasteiger partial charge in [0, 0.05) is 44.7 Å². The summed E-state index contributed by atoms with van der Waals surface area (Å²) in [6, 6.07) is 3.65. The Morgan fingerprint density at radius 1 is 1.30 bits per heavy atom. The first-order chi connectivity index (χ1) is 9.49. The molecule has 0 unspecified atom stereocenters. The van der Waals surface area contributed by atoms with Crippen molar-refractivity contribution < 1.29 is 9.59 Å². The number of hydrogen-bond acceptors (Lipinski definition) is 3. The monoisotopic (exact) mass is 275 g/mol.